The normalized spacial score (nSPS) is 16.2. The van der Waals surface area contributed by atoms with Crippen molar-refractivity contribution < 1.29 is 4.39 Å². The Morgan fingerprint density at radius 3 is 2.58 bits per heavy atom. The van der Waals surface area contributed by atoms with Crippen LogP contribution in [0.1, 0.15) is 5.56 Å². The highest BCUT2D eigenvalue weighted by molar-refractivity contribution is 8.06. The van der Waals surface area contributed by atoms with Crippen molar-refractivity contribution in [1.29, 1.82) is 0 Å². The SMILES string of the molecule is Fc1ccc(C2=CCNS2)cc1. The second kappa shape index (κ2) is 3.29. The van der Waals surface area contributed by atoms with Crippen LogP contribution in [-0.4, -0.2) is 6.54 Å². The fraction of sp³-hybridized carbons (Fsp3) is 0.111. The first-order chi connectivity index (χ1) is 5.86. The molecule has 0 spiro atoms. The van der Waals surface area contributed by atoms with Gasteiger partial charge in [-0.15, -0.1) is 0 Å². The molecule has 1 aliphatic rings. The van der Waals surface area contributed by atoms with E-state index in [1.807, 2.05) is 0 Å². The lowest BCUT2D eigenvalue weighted by molar-refractivity contribution is 0.628. The summed E-state index contributed by atoms with van der Waals surface area (Å²) in [5.74, 6) is -0.185. The highest BCUT2D eigenvalue weighted by Crippen LogP contribution is 2.27. The fourth-order valence-electron chi connectivity index (χ4n) is 1.09. The molecule has 0 aliphatic carbocycles. The van der Waals surface area contributed by atoms with Crippen LogP contribution in [0.4, 0.5) is 4.39 Å². The summed E-state index contributed by atoms with van der Waals surface area (Å²) in [7, 11) is 0. The molecule has 1 aliphatic heterocycles. The zero-order chi connectivity index (χ0) is 8.39. The molecule has 0 fully saturated rings. The van der Waals surface area contributed by atoms with E-state index < -0.39 is 0 Å². The zero-order valence-electron chi connectivity index (χ0n) is 6.38. The van der Waals surface area contributed by atoms with Crippen LogP contribution in [0.2, 0.25) is 0 Å². The van der Waals surface area contributed by atoms with Gasteiger partial charge in [0.25, 0.3) is 0 Å². The Kier molecular flexibility index (Phi) is 2.15. The molecule has 1 heterocycles. The molecular formula is C9H8FNS. The van der Waals surface area contributed by atoms with Crippen molar-refractivity contribution in [2.24, 2.45) is 0 Å². The van der Waals surface area contributed by atoms with Gasteiger partial charge in [0.2, 0.25) is 0 Å². The van der Waals surface area contributed by atoms with Crippen molar-refractivity contribution >= 4 is 16.9 Å². The maximum atomic E-state index is 12.5. The van der Waals surface area contributed by atoms with Gasteiger partial charge < -0.3 is 0 Å². The summed E-state index contributed by atoms with van der Waals surface area (Å²) in [6.07, 6.45) is 2.10. The van der Waals surface area contributed by atoms with Crippen molar-refractivity contribution in [2.75, 3.05) is 6.54 Å². The highest BCUT2D eigenvalue weighted by atomic mass is 32.2. The van der Waals surface area contributed by atoms with E-state index in [-0.39, 0.29) is 5.82 Å². The maximum Gasteiger partial charge on any atom is 0.123 e. The van der Waals surface area contributed by atoms with E-state index in [2.05, 4.69) is 10.8 Å². The minimum Gasteiger partial charge on any atom is -0.256 e. The molecule has 2 rings (SSSR count). The van der Waals surface area contributed by atoms with Gasteiger partial charge in [0.15, 0.2) is 0 Å². The summed E-state index contributed by atoms with van der Waals surface area (Å²) in [5.41, 5.74) is 1.08. The van der Waals surface area contributed by atoms with Gasteiger partial charge in [0.1, 0.15) is 5.82 Å². The Labute approximate surface area is 74.8 Å². The van der Waals surface area contributed by atoms with Crippen molar-refractivity contribution in [3.05, 3.63) is 41.7 Å². The van der Waals surface area contributed by atoms with Gasteiger partial charge in [-0.25, -0.2) is 4.39 Å². The molecule has 0 atom stereocenters. The number of halogens is 1. The topological polar surface area (TPSA) is 12.0 Å². The molecule has 0 radical (unpaired) electrons. The van der Waals surface area contributed by atoms with E-state index >= 15 is 0 Å². The molecule has 1 nitrogen and oxygen atoms in total. The van der Waals surface area contributed by atoms with Crippen LogP contribution < -0.4 is 4.72 Å². The maximum absolute atomic E-state index is 12.5. The summed E-state index contributed by atoms with van der Waals surface area (Å²) in [6.45, 7) is 0.886. The Bertz CT molecular complexity index is 305. The molecule has 0 unspecified atom stereocenters. The highest BCUT2D eigenvalue weighted by Gasteiger charge is 2.06. The van der Waals surface area contributed by atoms with Gasteiger partial charge in [0, 0.05) is 11.4 Å². The standard InChI is InChI=1S/C9H8FNS/c10-8-3-1-7(2-4-8)9-5-6-11-12-9/h1-5,11H,6H2. The average molecular weight is 181 g/mol. The average Bonchev–Trinajstić information content (AvgIpc) is 2.58. The second-order valence-corrected chi connectivity index (χ2v) is 3.46. The molecule has 1 aromatic carbocycles. The van der Waals surface area contributed by atoms with Crippen LogP contribution >= 0.6 is 11.9 Å². The molecule has 0 aromatic heterocycles. The summed E-state index contributed by atoms with van der Waals surface area (Å²) in [4.78, 5) is 1.18. The van der Waals surface area contributed by atoms with Crippen LogP contribution in [0.25, 0.3) is 4.91 Å². The zero-order valence-corrected chi connectivity index (χ0v) is 7.20. The lowest BCUT2D eigenvalue weighted by Crippen LogP contribution is -1.92. The van der Waals surface area contributed by atoms with Crippen LogP contribution in [0.3, 0.4) is 0 Å². The lowest BCUT2D eigenvalue weighted by atomic mass is 10.2. The number of nitrogens with one attached hydrogen (secondary N) is 1. The first kappa shape index (κ1) is 7.83. The number of benzene rings is 1. The van der Waals surface area contributed by atoms with Gasteiger partial charge in [-0.2, -0.15) is 0 Å². The molecule has 0 amide bonds. The monoisotopic (exact) mass is 181 g/mol. The van der Waals surface area contributed by atoms with Crippen LogP contribution in [0.5, 0.6) is 0 Å². The number of hydrogen-bond acceptors (Lipinski definition) is 2. The first-order valence-corrected chi connectivity index (χ1v) is 4.54. The molecule has 62 valence electrons. The van der Waals surface area contributed by atoms with E-state index in [1.54, 1.807) is 24.1 Å². The minimum atomic E-state index is -0.185. The quantitative estimate of drug-likeness (QED) is 0.668. The predicted octanol–water partition coefficient (Wildman–Crippen LogP) is 2.42. The van der Waals surface area contributed by atoms with Gasteiger partial charge in [-0.05, 0) is 29.6 Å². The van der Waals surface area contributed by atoms with E-state index in [9.17, 15) is 4.39 Å². The lowest BCUT2D eigenvalue weighted by Gasteiger charge is -1.99. The Hall–Kier alpha value is -0.800. The summed E-state index contributed by atoms with van der Waals surface area (Å²) < 4.78 is 15.6. The van der Waals surface area contributed by atoms with E-state index in [0.717, 1.165) is 12.1 Å². The van der Waals surface area contributed by atoms with Gasteiger partial charge in [-0.1, -0.05) is 18.2 Å². The molecule has 3 heteroatoms. The van der Waals surface area contributed by atoms with Gasteiger partial charge >= 0.3 is 0 Å². The minimum absolute atomic E-state index is 0.185. The molecule has 1 N–H and O–H groups in total. The summed E-state index contributed by atoms with van der Waals surface area (Å²) in [5, 5.41) is 0. The van der Waals surface area contributed by atoms with Crippen LogP contribution in [0, 0.1) is 5.82 Å². The number of hydrogen-bond donors (Lipinski definition) is 1. The first-order valence-electron chi connectivity index (χ1n) is 3.72. The second-order valence-electron chi connectivity index (χ2n) is 2.53. The molecule has 0 bridgehead atoms. The van der Waals surface area contributed by atoms with E-state index in [4.69, 9.17) is 0 Å². The Morgan fingerprint density at radius 1 is 1.25 bits per heavy atom. The fourth-order valence-corrected chi connectivity index (χ4v) is 1.83. The van der Waals surface area contributed by atoms with Gasteiger partial charge in [0.05, 0.1) is 0 Å². The molecule has 0 saturated heterocycles. The number of rotatable bonds is 1. The molecule has 1 aromatic rings. The van der Waals surface area contributed by atoms with Crippen LogP contribution in [0.15, 0.2) is 30.3 Å². The van der Waals surface area contributed by atoms with Crippen molar-refractivity contribution in [3.63, 3.8) is 0 Å². The van der Waals surface area contributed by atoms with Crippen molar-refractivity contribution in [3.8, 4) is 0 Å². The Morgan fingerprint density at radius 2 is 2.00 bits per heavy atom. The van der Waals surface area contributed by atoms with Gasteiger partial charge in [-0.3, -0.25) is 4.72 Å². The third-order valence-corrected chi connectivity index (χ3v) is 2.61. The third-order valence-electron chi connectivity index (χ3n) is 1.68. The van der Waals surface area contributed by atoms with E-state index in [1.165, 1.54) is 17.0 Å². The van der Waals surface area contributed by atoms with Crippen LogP contribution in [-0.2, 0) is 0 Å². The molecule has 12 heavy (non-hydrogen) atoms. The predicted molar refractivity (Wildman–Crippen MR) is 50.0 cm³/mol. The molecule has 0 saturated carbocycles. The Balaban J connectivity index is 2.28. The van der Waals surface area contributed by atoms with E-state index in [0.29, 0.717) is 0 Å². The third kappa shape index (κ3) is 1.52. The summed E-state index contributed by atoms with van der Waals surface area (Å²) in [6, 6.07) is 6.55. The molecular weight excluding hydrogens is 173 g/mol. The summed E-state index contributed by atoms with van der Waals surface area (Å²) >= 11 is 1.59. The van der Waals surface area contributed by atoms with Crippen molar-refractivity contribution in [1.82, 2.24) is 4.72 Å². The van der Waals surface area contributed by atoms with Crippen molar-refractivity contribution in [2.45, 2.75) is 0 Å². The largest absolute Gasteiger partial charge is 0.256 e. The smallest absolute Gasteiger partial charge is 0.123 e.